The van der Waals surface area contributed by atoms with Crippen LogP contribution in [0.1, 0.15) is 42.1 Å². The van der Waals surface area contributed by atoms with Crippen LogP contribution in [-0.2, 0) is 9.05 Å². The molecule has 4 nitrogen and oxygen atoms in total. The average molecular weight is 330 g/mol. The van der Waals surface area contributed by atoms with Gasteiger partial charge in [-0.3, -0.25) is 4.79 Å². The van der Waals surface area contributed by atoms with Gasteiger partial charge in [-0.15, -0.1) is 0 Å². The highest BCUT2D eigenvalue weighted by Gasteiger charge is 2.25. The summed E-state index contributed by atoms with van der Waals surface area (Å²) < 4.78 is 22.9. The number of halogens is 1. The molecule has 6 heteroatoms. The summed E-state index contributed by atoms with van der Waals surface area (Å²) in [4.78, 5) is 14.4. The minimum atomic E-state index is -3.82. The Morgan fingerprint density at radius 1 is 1.38 bits per heavy atom. The van der Waals surface area contributed by atoms with E-state index in [0.29, 0.717) is 18.0 Å². The molecule has 0 aromatic heterocycles. The molecule has 0 heterocycles. The lowest BCUT2D eigenvalue weighted by atomic mass is 9.85. The fourth-order valence-electron chi connectivity index (χ4n) is 2.50. The summed E-state index contributed by atoms with van der Waals surface area (Å²) in [5.41, 5.74) is 1.18. The van der Waals surface area contributed by atoms with E-state index in [-0.39, 0.29) is 10.8 Å². The number of nitrogens with zero attached hydrogens (tertiary/aromatic N) is 1. The van der Waals surface area contributed by atoms with Gasteiger partial charge in [0.15, 0.2) is 0 Å². The van der Waals surface area contributed by atoms with Crippen LogP contribution in [0.5, 0.6) is 0 Å². The SMILES string of the molecule is CCN(CC1CCC1)C(=O)c1cc(S(=O)(=O)Cl)ccc1C. The number of aryl methyl sites for hydroxylation is 1. The highest BCUT2D eigenvalue weighted by atomic mass is 35.7. The molecule has 1 saturated carbocycles. The number of benzene rings is 1. The molecule has 0 atom stereocenters. The van der Waals surface area contributed by atoms with Gasteiger partial charge < -0.3 is 4.90 Å². The average Bonchev–Trinajstić information content (AvgIpc) is 2.36. The van der Waals surface area contributed by atoms with Crippen LogP contribution in [0.4, 0.5) is 0 Å². The van der Waals surface area contributed by atoms with Crippen LogP contribution in [-0.4, -0.2) is 32.3 Å². The summed E-state index contributed by atoms with van der Waals surface area (Å²) in [5.74, 6) is 0.457. The molecule has 1 fully saturated rings. The Hall–Kier alpha value is -1.07. The van der Waals surface area contributed by atoms with Gasteiger partial charge in [0.05, 0.1) is 4.90 Å². The topological polar surface area (TPSA) is 54.5 Å². The van der Waals surface area contributed by atoms with Gasteiger partial charge in [0.2, 0.25) is 0 Å². The smallest absolute Gasteiger partial charge is 0.261 e. The fraction of sp³-hybridized carbons (Fsp3) is 0.533. The lowest BCUT2D eigenvalue weighted by Gasteiger charge is -2.32. The van der Waals surface area contributed by atoms with Crippen LogP contribution < -0.4 is 0 Å². The van der Waals surface area contributed by atoms with Crippen molar-refractivity contribution in [2.24, 2.45) is 5.92 Å². The minimum absolute atomic E-state index is 0.0298. The molecule has 21 heavy (non-hydrogen) atoms. The van der Waals surface area contributed by atoms with E-state index in [0.717, 1.165) is 12.1 Å². The molecule has 1 amide bonds. The molecule has 0 radical (unpaired) electrons. The molecule has 116 valence electrons. The van der Waals surface area contributed by atoms with E-state index in [4.69, 9.17) is 10.7 Å². The second-order valence-electron chi connectivity index (χ2n) is 5.56. The maximum atomic E-state index is 12.6. The molecule has 0 unspecified atom stereocenters. The van der Waals surface area contributed by atoms with Gasteiger partial charge >= 0.3 is 0 Å². The van der Waals surface area contributed by atoms with Crippen molar-refractivity contribution in [1.29, 1.82) is 0 Å². The Morgan fingerprint density at radius 3 is 2.52 bits per heavy atom. The van der Waals surface area contributed by atoms with Crippen molar-refractivity contribution in [2.45, 2.75) is 38.0 Å². The van der Waals surface area contributed by atoms with E-state index < -0.39 is 9.05 Å². The van der Waals surface area contributed by atoms with Gasteiger partial charge in [-0.1, -0.05) is 12.5 Å². The van der Waals surface area contributed by atoms with Crippen LogP contribution in [0, 0.1) is 12.8 Å². The Labute approximate surface area is 130 Å². The lowest BCUT2D eigenvalue weighted by Crippen LogP contribution is -2.37. The summed E-state index contributed by atoms with van der Waals surface area (Å²) in [6.07, 6.45) is 3.56. The van der Waals surface area contributed by atoms with Crippen molar-refractivity contribution in [3.05, 3.63) is 29.3 Å². The van der Waals surface area contributed by atoms with Gasteiger partial charge in [0, 0.05) is 29.3 Å². The Morgan fingerprint density at radius 2 is 2.05 bits per heavy atom. The summed E-state index contributed by atoms with van der Waals surface area (Å²) in [5, 5.41) is 0. The second kappa shape index (κ2) is 6.36. The zero-order chi connectivity index (χ0) is 15.6. The first-order chi connectivity index (χ1) is 9.82. The van der Waals surface area contributed by atoms with E-state index in [1.165, 1.54) is 31.4 Å². The molecule has 0 bridgehead atoms. The molecule has 0 aliphatic heterocycles. The van der Waals surface area contributed by atoms with Crippen molar-refractivity contribution in [3.63, 3.8) is 0 Å². The third kappa shape index (κ3) is 3.77. The molecule has 0 N–H and O–H groups in total. The highest BCUT2D eigenvalue weighted by molar-refractivity contribution is 8.13. The molecule has 2 rings (SSSR count). The zero-order valence-corrected chi connectivity index (χ0v) is 13.9. The molecule has 1 aliphatic carbocycles. The standard InChI is InChI=1S/C15H20ClNO3S/c1-3-17(10-12-5-4-6-12)15(18)14-9-13(21(16,19)20)8-7-11(14)2/h7-9,12H,3-6,10H2,1-2H3. The predicted octanol–water partition coefficient (Wildman–Crippen LogP) is 3.18. The van der Waals surface area contributed by atoms with Crippen LogP contribution >= 0.6 is 10.7 Å². The molecule has 0 saturated heterocycles. The predicted molar refractivity (Wildman–Crippen MR) is 83.1 cm³/mol. The Balaban J connectivity index is 2.27. The number of carbonyl (C=O) groups is 1. The van der Waals surface area contributed by atoms with Gasteiger partial charge in [0.1, 0.15) is 0 Å². The summed E-state index contributed by atoms with van der Waals surface area (Å²) in [7, 11) is 1.54. The maximum Gasteiger partial charge on any atom is 0.261 e. The molecule has 1 aromatic carbocycles. The zero-order valence-electron chi connectivity index (χ0n) is 12.3. The molecular weight excluding hydrogens is 310 g/mol. The van der Waals surface area contributed by atoms with Crippen LogP contribution in [0.2, 0.25) is 0 Å². The van der Waals surface area contributed by atoms with Gasteiger partial charge in [-0.2, -0.15) is 0 Å². The second-order valence-corrected chi connectivity index (χ2v) is 8.12. The van der Waals surface area contributed by atoms with E-state index in [1.807, 2.05) is 6.92 Å². The molecular formula is C15H20ClNO3S. The van der Waals surface area contributed by atoms with E-state index in [2.05, 4.69) is 0 Å². The van der Waals surface area contributed by atoms with Crippen LogP contribution in [0.15, 0.2) is 23.1 Å². The van der Waals surface area contributed by atoms with Crippen LogP contribution in [0.25, 0.3) is 0 Å². The summed E-state index contributed by atoms with van der Waals surface area (Å²) in [6, 6.07) is 4.43. The number of carbonyl (C=O) groups excluding carboxylic acids is 1. The lowest BCUT2D eigenvalue weighted by molar-refractivity contribution is 0.0705. The molecule has 1 aromatic rings. The first-order valence-corrected chi connectivity index (χ1v) is 9.48. The monoisotopic (exact) mass is 329 g/mol. The van der Waals surface area contributed by atoms with E-state index in [9.17, 15) is 13.2 Å². The molecule has 0 spiro atoms. The van der Waals surface area contributed by atoms with Gasteiger partial charge in [0.25, 0.3) is 15.0 Å². The third-order valence-electron chi connectivity index (χ3n) is 4.09. The van der Waals surface area contributed by atoms with E-state index in [1.54, 1.807) is 17.9 Å². The number of amides is 1. The van der Waals surface area contributed by atoms with Gasteiger partial charge in [-0.25, -0.2) is 8.42 Å². The maximum absolute atomic E-state index is 12.6. The minimum Gasteiger partial charge on any atom is -0.339 e. The summed E-state index contributed by atoms with van der Waals surface area (Å²) in [6.45, 7) is 5.10. The van der Waals surface area contributed by atoms with E-state index >= 15 is 0 Å². The molecule has 1 aliphatic rings. The quantitative estimate of drug-likeness (QED) is 0.779. The first-order valence-electron chi connectivity index (χ1n) is 7.17. The van der Waals surface area contributed by atoms with Gasteiger partial charge in [-0.05, 0) is 50.3 Å². The normalized spacial score (nSPS) is 15.6. The van der Waals surface area contributed by atoms with Crippen molar-refractivity contribution in [2.75, 3.05) is 13.1 Å². The Kier molecular flexibility index (Phi) is 4.94. The van der Waals surface area contributed by atoms with Crippen molar-refractivity contribution in [3.8, 4) is 0 Å². The van der Waals surface area contributed by atoms with Crippen molar-refractivity contribution in [1.82, 2.24) is 4.90 Å². The van der Waals surface area contributed by atoms with Crippen LogP contribution in [0.3, 0.4) is 0 Å². The summed E-state index contributed by atoms with van der Waals surface area (Å²) >= 11 is 0. The largest absolute Gasteiger partial charge is 0.339 e. The van der Waals surface area contributed by atoms with Crippen molar-refractivity contribution < 1.29 is 13.2 Å². The number of hydrogen-bond acceptors (Lipinski definition) is 3. The number of rotatable bonds is 5. The van der Waals surface area contributed by atoms with Crippen molar-refractivity contribution >= 4 is 25.6 Å². The third-order valence-corrected chi connectivity index (χ3v) is 5.44. The Bertz CT molecular complexity index is 638. The highest BCUT2D eigenvalue weighted by Crippen LogP contribution is 2.28. The first kappa shape index (κ1) is 16.3. The fourth-order valence-corrected chi connectivity index (χ4v) is 3.27. The number of hydrogen-bond donors (Lipinski definition) is 0.